The number of rotatable bonds is 9. The minimum absolute atomic E-state index is 0. The van der Waals surface area contributed by atoms with Gasteiger partial charge in [0.25, 0.3) is 0 Å². The average molecular weight is 381 g/mol. The molecule has 0 aliphatic rings. The number of methoxy groups -OCH3 is 1. The highest BCUT2D eigenvalue weighted by atomic mass is 35.5. The van der Waals surface area contributed by atoms with Crippen LogP contribution in [0.2, 0.25) is 0 Å². The number of halogens is 1. The molecule has 0 aromatic heterocycles. The fourth-order valence-electron chi connectivity index (χ4n) is 2.10. The topological polar surface area (TPSA) is 50.4 Å². The fourth-order valence-corrected chi connectivity index (χ4v) is 2.91. The second-order valence-electron chi connectivity index (χ2n) is 5.38. The van der Waals surface area contributed by atoms with Crippen molar-refractivity contribution >= 4 is 35.8 Å². The Hall–Kier alpha value is -1.69. The van der Waals surface area contributed by atoms with Gasteiger partial charge in [0.1, 0.15) is 5.75 Å². The van der Waals surface area contributed by atoms with E-state index < -0.39 is 0 Å². The molecule has 0 spiro atoms. The number of unbranched alkanes of at least 4 members (excludes halogenated alkanes) is 1. The number of benzene rings is 2. The zero-order valence-corrected chi connectivity index (χ0v) is 16.2. The highest BCUT2D eigenvalue weighted by molar-refractivity contribution is 7.99. The van der Waals surface area contributed by atoms with Crippen molar-refractivity contribution in [2.45, 2.75) is 29.6 Å². The Balaban J connectivity index is 0.00000312. The van der Waals surface area contributed by atoms with E-state index in [-0.39, 0.29) is 18.3 Å². The monoisotopic (exact) mass is 380 g/mol. The predicted molar refractivity (Wildman–Crippen MR) is 107 cm³/mol. The Kier molecular flexibility index (Phi) is 10.1. The lowest BCUT2D eigenvalue weighted by Gasteiger charge is -2.08. The summed E-state index contributed by atoms with van der Waals surface area (Å²) in [6.45, 7) is 3.36. The van der Waals surface area contributed by atoms with Crippen molar-refractivity contribution in [3.8, 4) is 5.75 Å². The molecule has 2 N–H and O–H groups in total. The predicted octanol–water partition coefficient (Wildman–Crippen LogP) is 4.60. The Morgan fingerprint density at radius 2 is 1.64 bits per heavy atom. The third kappa shape index (κ3) is 7.82. The molecule has 0 radical (unpaired) electrons. The van der Waals surface area contributed by atoms with Crippen molar-refractivity contribution in [1.82, 2.24) is 5.32 Å². The highest BCUT2D eigenvalue weighted by Crippen LogP contribution is 2.29. The molecule has 25 heavy (non-hydrogen) atoms. The quantitative estimate of drug-likeness (QED) is 0.624. The fraction of sp³-hybridized carbons (Fsp3) is 0.316. The van der Waals surface area contributed by atoms with Crippen LogP contribution in [0.15, 0.2) is 58.3 Å². The van der Waals surface area contributed by atoms with E-state index in [4.69, 9.17) is 4.74 Å². The van der Waals surface area contributed by atoms with E-state index >= 15 is 0 Å². The molecule has 6 heteroatoms. The standard InChI is InChI=1S/C19H24N2O2S.ClH/c1-3-4-13-20-14-19(22)21-15-5-9-17(10-6-15)24-18-11-7-16(23-2)8-12-18;/h5-12,20H,3-4,13-14H2,1-2H3,(H,21,22);1H. The van der Waals surface area contributed by atoms with Crippen molar-refractivity contribution in [1.29, 1.82) is 0 Å². The number of nitrogens with one attached hydrogen (secondary N) is 2. The zero-order chi connectivity index (χ0) is 17.2. The molecule has 0 fully saturated rings. The summed E-state index contributed by atoms with van der Waals surface area (Å²) in [5.74, 6) is 0.839. The minimum Gasteiger partial charge on any atom is -0.497 e. The third-order valence-corrected chi connectivity index (χ3v) is 4.44. The number of hydrogen-bond acceptors (Lipinski definition) is 4. The van der Waals surface area contributed by atoms with Crippen molar-refractivity contribution in [2.75, 3.05) is 25.5 Å². The molecule has 0 atom stereocenters. The number of carbonyl (C=O) groups excluding carboxylic acids is 1. The van der Waals surface area contributed by atoms with Crippen molar-refractivity contribution in [3.63, 3.8) is 0 Å². The van der Waals surface area contributed by atoms with Crippen molar-refractivity contribution < 1.29 is 9.53 Å². The normalized spacial score (nSPS) is 10.0. The molecule has 4 nitrogen and oxygen atoms in total. The SMILES string of the molecule is CCCCNCC(=O)Nc1ccc(Sc2ccc(OC)cc2)cc1.Cl. The van der Waals surface area contributed by atoms with E-state index in [9.17, 15) is 4.79 Å². The lowest BCUT2D eigenvalue weighted by atomic mass is 10.3. The van der Waals surface area contributed by atoms with Gasteiger partial charge in [-0.3, -0.25) is 4.79 Å². The number of amides is 1. The van der Waals surface area contributed by atoms with Gasteiger partial charge in [-0.1, -0.05) is 25.1 Å². The maximum Gasteiger partial charge on any atom is 0.238 e. The molecule has 0 aliphatic heterocycles. The molecule has 0 saturated heterocycles. The van der Waals surface area contributed by atoms with Gasteiger partial charge >= 0.3 is 0 Å². The van der Waals surface area contributed by atoms with E-state index in [1.807, 2.05) is 48.5 Å². The van der Waals surface area contributed by atoms with Gasteiger partial charge in [-0.15, -0.1) is 12.4 Å². The van der Waals surface area contributed by atoms with Gasteiger partial charge in [-0.05, 0) is 61.5 Å². The van der Waals surface area contributed by atoms with Gasteiger partial charge in [-0.25, -0.2) is 0 Å². The van der Waals surface area contributed by atoms with E-state index in [2.05, 4.69) is 17.6 Å². The van der Waals surface area contributed by atoms with E-state index in [1.165, 1.54) is 0 Å². The molecule has 2 rings (SSSR count). The van der Waals surface area contributed by atoms with Crippen LogP contribution in [-0.4, -0.2) is 26.1 Å². The summed E-state index contributed by atoms with van der Waals surface area (Å²) in [5, 5.41) is 6.03. The first-order chi connectivity index (χ1) is 11.7. The number of hydrogen-bond donors (Lipinski definition) is 2. The van der Waals surface area contributed by atoms with E-state index in [0.717, 1.165) is 40.6 Å². The first-order valence-electron chi connectivity index (χ1n) is 8.14. The van der Waals surface area contributed by atoms with Gasteiger partial charge < -0.3 is 15.4 Å². The molecule has 0 saturated carbocycles. The second kappa shape index (κ2) is 11.8. The smallest absolute Gasteiger partial charge is 0.238 e. The van der Waals surface area contributed by atoms with Gasteiger partial charge in [0, 0.05) is 15.5 Å². The maximum atomic E-state index is 11.8. The Bertz CT molecular complexity index is 633. The lowest BCUT2D eigenvalue weighted by molar-refractivity contribution is -0.115. The molecule has 1 amide bonds. The van der Waals surface area contributed by atoms with Crippen LogP contribution in [0, 0.1) is 0 Å². The summed E-state index contributed by atoms with van der Waals surface area (Å²) >= 11 is 1.67. The summed E-state index contributed by atoms with van der Waals surface area (Å²) < 4.78 is 5.16. The van der Waals surface area contributed by atoms with Crippen molar-refractivity contribution in [3.05, 3.63) is 48.5 Å². The summed E-state index contributed by atoms with van der Waals surface area (Å²) in [4.78, 5) is 14.1. The lowest BCUT2D eigenvalue weighted by Crippen LogP contribution is -2.28. The van der Waals surface area contributed by atoms with Crippen LogP contribution in [0.1, 0.15) is 19.8 Å². The summed E-state index contributed by atoms with van der Waals surface area (Å²) in [6.07, 6.45) is 2.21. The second-order valence-corrected chi connectivity index (χ2v) is 6.53. The van der Waals surface area contributed by atoms with Crippen LogP contribution in [-0.2, 0) is 4.79 Å². The summed E-state index contributed by atoms with van der Waals surface area (Å²) in [7, 11) is 1.66. The first-order valence-corrected chi connectivity index (χ1v) is 8.95. The van der Waals surface area contributed by atoms with Gasteiger partial charge in [0.15, 0.2) is 0 Å². The Morgan fingerprint density at radius 1 is 1.04 bits per heavy atom. The van der Waals surface area contributed by atoms with Crippen LogP contribution in [0.5, 0.6) is 5.75 Å². The third-order valence-electron chi connectivity index (χ3n) is 3.43. The molecule has 136 valence electrons. The van der Waals surface area contributed by atoms with Crippen LogP contribution in [0.25, 0.3) is 0 Å². The van der Waals surface area contributed by atoms with E-state index in [0.29, 0.717) is 6.54 Å². The van der Waals surface area contributed by atoms with Gasteiger partial charge in [-0.2, -0.15) is 0 Å². The van der Waals surface area contributed by atoms with Gasteiger partial charge in [0.05, 0.1) is 13.7 Å². The molecule has 2 aromatic rings. The van der Waals surface area contributed by atoms with Crippen LogP contribution >= 0.6 is 24.2 Å². The Labute approximate surface area is 160 Å². The van der Waals surface area contributed by atoms with Crippen LogP contribution in [0.4, 0.5) is 5.69 Å². The molecule has 0 aliphatic carbocycles. The molecular formula is C19H25ClN2O2S. The number of anilines is 1. The van der Waals surface area contributed by atoms with Crippen LogP contribution < -0.4 is 15.4 Å². The molecular weight excluding hydrogens is 356 g/mol. The average Bonchev–Trinajstić information content (AvgIpc) is 2.61. The highest BCUT2D eigenvalue weighted by Gasteiger charge is 2.03. The van der Waals surface area contributed by atoms with Crippen molar-refractivity contribution in [2.24, 2.45) is 0 Å². The molecule has 0 bridgehead atoms. The van der Waals surface area contributed by atoms with E-state index in [1.54, 1.807) is 18.9 Å². The zero-order valence-electron chi connectivity index (χ0n) is 14.6. The molecule has 0 unspecified atom stereocenters. The number of ether oxygens (including phenoxy) is 1. The molecule has 2 aromatic carbocycles. The Morgan fingerprint density at radius 3 is 2.20 bits per heavy atom. The first kappa shape index (κ1) is 21.4. The summed E-state index contributed by atoms with van der Waals surface area (Å²) in [5.41, 5.74) is 0.816. The van der Waals surface area contributed by atoms with Gasteiger partial charge in [0.2, 0.25) is 5.91 Å². The largest absolute Gasteiger partial charge is 0.497 e. The van der Waals surface area contributed by atoms with Crippen LogP contribution in [0.3, 0.4) is 0 Å². The summed E-state index contributed by atoms with van der Waals surface area (Å²) in [6, 6.07) is 15.8. The molecule has 0 heterocycles. The minimum atomic E-state index is -0.0124. The maximum absolute atomic E-state index is 11.8. The number of carbonyl (C=O) groups is 1.